The first-order chi connectivity index (χ1) is 12.6. The van der Waals surface area contributed by atoms with E-state index in [4.69, 9.17) is 13.9 Å². The number of aryl methyl sites for hydroxylation is 1. The standard InChI is InChI=1S/C17H24N4O4S/c1-13-4-5-14(25-13)6-7-15-18-17(20-19-15)26-12-16(22)21(8-10-23-2)9-11-24-3/h4-7H,8-12H2,1-3H3,(H,18,19,20)/b7-6+. The largest absolute Gasteiger partial charge is 0.462 e. The molecule has 2 heterocycles. The fraction of sp³-hybridized carbons (Fsp3) is 0.471. The molecule has 0 aliphatic carbocycles. The third-order valence-corrected chi connectivity index (χ3v) is 4.29. The lowest BCUT2D eigenvalue weighted by Gasteiger charge is -2.21. The van der Waals surface area contributed by atoms with Crippen LogP contribution in [0.25, 0.3) is 12.2 Å². The van der Waals surface area contributed by atoms with Crippen molar-refractivity contribution in [3.05, 3.63) is 29.5 Å². The second-order valence-electron chi connectivity index (χ2n) is 5.44. The van der Waals surface area contributed by atoms with Crippen LogP contribution in [-0.2, 0) is 14.3 Å². The van der Waals surface area contributed by atoms with E-state index in [1.165, 1.54) is 11.8 Å². The number of thioether (sulfide) groups is 1. The van der Waals surface area contributed by atoms with Crippen molar-refractivity contribution in [3.63, 3.8) is 0 Å². The number of furan rings is 1. The van der Waals surface area contributed by atoms with Crippen LogP contribution in [0.5, 0.6) is 0 Å². The molecule has 2 rings (SSSR count). The van der Waals surface area contributed by atoms with Gasteiger partial charge in [-0.15, -0.1) is 5.10 Å². The van der Waals surface area contributed by atoms with Crippen molar-refractivity contribution in [1.29, 1.82) is 0 Å². The van der Waals surface area contributed by atoms with Crippen LogP contribution in [0.4, 0.5) is 0 Å². The Morgan fingerprint density at radius 1 is 1.27 bits per heavy atom. The maximum atomic E-state index is 12.3. The molecule has 0 radical (unpaired) electrons. The van der Waals surface area contributed by atoms with Gasteiger partial charge in [0, 0.05) is 27.3 Å². The normalized spacial score (nSPS) is 11.3. The van der Waals surface area contributed by atoms with Crippen LogP contribution in [0.3, 0.4) is 0 Å². The maximum absolute atomic E-state index is 12.3. The van der Waals surface area contributed by atoms with E-state index in [1.54, 1.807) is 25.2 Å². The van der Waals surface area contributed by atoms with Gasteiger partial charge in [-0.1, -0.05) is 11.8 Å². The third-order valence-electron chi connectivity index (χ3n) is 3.46. The first-order valence-corrected chi connectivity index (χ1v) is 9.16. The van der Waals surface area contributed by atoms with Crippen molar-refractivity contribution >= 4 is 29.8 Å². The number of methoxy groups -OCH3 is 2. The molecule has 0 aliphatic rings. The number of hydrogen-bond acceptors (Lipinski definition) is 7. The molecule has 142 valence electrons. The number of ether oxygens (including phenoxy) is 2. The van der Waals surface area contributed by atoms with Crippen molar-refractivity contribution < 1.29 is 18.7 Å². The van der Waals surface area contributed by atoms with Gasteiger partial charge in [0.1, 0.15) is 17.3 Å². The van der Waals surface area contributed by atoms with Gasteiger partial charge in [0.15, 0.2) is 0 Å². The second-order valence-corrected chi connectivity index (χ2v) is 6.38. The van der Waals surface area contributed by atoms with Gasteiger partial charge in [-0.3, -0.25) is 9.89 Å². The van der Waals surface area contributed by atoms with E-state index in [2.05, 4.69) is 15.2 Å². The predicted molar refractivity (Wildman–Crippen MR) is 99.8 cm³/mol. The van der Waals surface area contributed by atoms with Crippen molar-refractivity contribution in [3.8, 4) is 0 Å². The highest BCUT2D eigenvalue weighted by Crippen LogP contribution is 2.15. The molecule has 0 atom stereocenters. The van der Waals surface area contributed by atoms with Crippen LogP contribution in [0.2, 0.25) is 0 Å². The zero-order valence-electron chi connectivity index (χ0n) is 15.2. The third kappa shape index (κ3) is 6.66. The Balaban J connectivity index is 1.85. The molecule has 0 aromatic carbocycles. The minimum absolute atomic E-state index is 0.00273. The number of nitrogens with zero attached hydrogens (tertiary/aromatic N) is 3. The minimum atomic E-state index is -0.00273. The number of aromatic nitrogens is 3. The van der Waals surface area contributed by atoms with Crippen molar-refractivity contribution in [2.45, 2.75) is 12.1 Å². The van der Waals surface area contributed by atoms with Crippen molar-refractivity contribution in [2.24, 2.45) is 0 Å². The van der Waals surface area contributed by atoms with E-state index in [0.29, 0.717) is 37.3 Å². The van der Waals surface area contributed by atoms with E-state index in [9.17, 15) is 4.79 Å². The Morgan fingerprint density at radius 3 is 2.62 bits per heavy atom. The van der Waals surface area contributed by atoms with Gasteiger partial charge in [0.05, 0.1) is 19.0 Å². The zero-order chi connectivity index (χ0) is 18.8. The molecule has 2 aromatic rings. The number of nitrogens with one attached hydrogen (secondary N) is 1. The maximum Gasteiger partial charge on any atom is 0.233 e. The monoisotopic (exact) mass is 380 g/mol. The molecule has 2 aromatic heterocycles. The highest BCUT2D eigenvalue weighted by Gasteiger charge is 2.14. The van der Waals surface area contributed by atoms with Gasteiger partial charge in [-0.25, -0.2) is 4.98 Å². The highest BCUT2D eigenvalue weighted by atomic mass is 32.2. The molecule has 0 fully saturated rings. The SMILES string of the molecule is COCCN(CCOC)C(=O)CSc1n[nH]c(/C=C/c2ccc(C)o2)n1. The van der Waals surface area contributed by atoms with Gasteiger partial charge >= 0.3 is 0 Å². The average Bonchev–Trinajstić information content (AvgIpc) is 3.26. The quantitative estimate of drug-likeness (QED) is 0.597. The van der Waals surface area contributed by atoms with E-state index < -0.39 is 0 Å². The first kappa shape index (κ1) is 20.2. The molecule has 1 amide bonds. The summed E-state index contributed by atoms with van der Waals surface area (Å²) in [7, 11) is 3.22. The fourth-order valence-electron chi connectivity index (χ4n) is 2.08. The van der Waals surface area contributed by atoms with Crippen LogP contribution in [0.1, 0.15) is 17.3 Å². The van der Waals surface area contributed by atoms with Gasteiger partial charge < -0.3 is 18.8 Å². The fourth-order valence-corrected chi connectivity index (χ4v) is 2.79. The molecule has 0 bridgehead atoms. The Morgan fingerprint density at radius 2 is 2.00 bits per heavy atom. The lowest BCUT2D eigenvalue weighted by atomic mass is 10.4. The summed E-state index contributed by atoms with van der Waals surface area (Å²) in [5, 5.41) is 7.46. The molecule has 0 spiro atoms. The molecule has 9 heteroatoms. The van der Waals surface area contributed by atoms with E-state index in [1.807, 2.05) is 25.1 Å². The summed E-state index contributed by atoms with van der Waals surface area (Å²) in [5.74, 6) is 2.45. The number of rotatable bonds is 11. The van der Waals surface area contributed by atoms with Crippen LogP contribution < -0.4 is 0 Å². The molecule has 1 N–H and O–H groups in total. The van der Waals surface area contributed by atoms with Gasteiger partial charge in [0.25, 0.3) is 0 Å². The summed E-state index contributed by atoms with van der Waals surface area (Å²) in [6.45, 7) is 3.93. The molecule has 26 heavy (non-hydrogen) atoms. The Labute approximate surface area is 156 Å². The van der Waals surface area contributed by atoms with Crippen LogP contribution in [0.15, 0.2) is 21.7 Å². The van der Waals surface area contributed by atoms with Gasteiger partial charge in [0.2, 0.25) is 11.1 Å². The lowest BCUT2D eigenvalue weighted by molar-refractivity contribution is -0.129. The topological polar surface area (TPSA) is 93.5 Å². The van der Waals surface area contributed by atoms with Gasteiger partial charge in [-0.05, 0) is 31.2 Å². The Bertz CT molecular complexity index is 705. The second kappa shape index (κ2) is 10.8. The summed E-state index contributed by atoms with van der Waals surface area (Å²) >= 11 is 1.29. The van der Waals surface area contributed by atoms with Crippen molar-refractivity contribution in [2.75, 3.05) is 46.3 Å². The molecule has 0 saturated heterocycles. The van der Waals surface area contributed by atoms with E-state index >= 15 is 0 Å². The van der Waals surface area contributed by atoms with Gasteiger partial charge in [-0.2, -0.15) is 0 Å². The van der Waals surface area contributed by atoms with E-state index in [0.717, 1.165) is 11.5 Å². The van der Waals surface area contributed by atoms with Crippen LogP contribution >= 0.6 is 11.8 Å². The predicted octanol–water partition coefficient (Wildman–Crippen LogP) is 2.09. The molecule has 8 nitrogen and oxygen atoms in total. The van der Waals surface area contributed by atoms with E-state index in [-0.39, 0.29) is 11.7 Å². The van der Waals surface area contributed by atoms with Crippen molar-refractivity contribution in [1.82, 2.24) is 20.1 Å². The summed E-state index contributed by atoms with van der Waals surface area (Å²) in [4.78, 5) is 18.4. The summed E-state index contributed by atoms with van der Waals surface area (Å²) in [6, 6.07) is 3.77. The smallest absolute Gasteiger partial charge is 0.233 e. The number of carbonyl (C=O) groups excluding carboxylic acids is 1. The number of carbonyl (C=O) groups is 1. The molecule has 0 saturated carbocycles. The average molecular weight is 380 g/mol. The number of aromatic amines is 1. The highest BCUT2D eigenvalue weighted by molar-refractivity contribution is 7.99. The summed E-state index contributed by atoms with van der Waals surface area (Å²) in [6.07, 6.45) is 3.59. The molecule has 0 aliphatic heterocycles. The van der Waals surface area contributed by atoms with Crippen LogP contribution in [-0.4, -0.2) is 72.3 Å². The lowest BCUT2D eigenvalue weighted by Crippen LogP contribution is -2.37. The zero-order valence-corrected chi connectivity index (χ0v) is 16.0. The summed E-state index contributed by atoms with van der Waals surface area (Å²) < 4.78 is 15.6. The number of hydrogen-bond donors (Lipinski definition) is 1. The first-order valence-electron chi connectivity index (χ1n) is 8.17. The van der Waals surface area contributed by atoms with Crippen LogP contribution in [0, 0.1) is 6.92 Å². The Kier molecular flexibility index (Phi) is 8.39. The Hall–Kier alpha value is -2.10. The molecule has 0 unspecified atom stereocenters. The number of H-pyrrole nitrogens is 1. The number of amides is 1. The minimum Gasteiger partial charge on any atom is -0.462 e. The summed E-state index contributed by atoms with van der Waals surface area (Å²) in [5.41, 5.74) is 0. The molecular formula is C17H24N4O4S. The molecular weight excluding hydrogens is 356 g/mol.